The molecule has 1 unspecified atom stereocenters. The van der Waals surface area contributed by atoms with Crippen LogP contribution in [0.3, 0.4) is 0 Å². The monoisotopic (exact) mass is 471 g/mol. The Hall–Kier alpha value is -3.37. The molecule has 0 bridgehead atoms. The fourth-order valence-corrected chi connectivity index (χ4v) is 4.61. The number of methoxy groups -OCH3 is 1. The van der Waals surface area contributed by atoms with Crippen molar-refractivity contribution in [3.63, 3.8) is 0 Å². The van der Waals surface area contributed by atoms with Crippen LogP contribution in [0.2, 0.25) is 5.02 Å². The highest BCUT2D eigenvalue weighted by Gasteiger charge is 2.38. The lowest BCUT2D eigenvalue weighted by Gasteiger charge is -2.27. The summed E-state index contributed by atoms with van der Waals surface area (Å²) in [6, 6.07) is 12.9. The van der Waals surface area contributed by atoms with E-state index in [0.717, 1.165) is 5.56 Å². The molecule has 2 aromatic carbocycles. The molecule has 1 aliphatic heterocycles. The molecule has 1 aliphatic rings. The molecule has 4 rings (SSSR count). The summed E-state index contributed by atoms with van der Waals surface area (Å²) in [4.78, 5) is 28.4. The Morgan fingerprint density at radius 1 is 1.28 bits per heavy atom. The highest BCUT2D eigenvalue weighted by atomic mass is 35.5. The standard InChI is InChI=1S/C21H18ClN5O4S/c1-12-17(19(28)31-2)18(14-8-4-6-10-16(14)27(29)30)26-20(23-12)24-21(25-26)32-11-13-7-3-5-9-15(13)22/h3-10,18H,11H2,1-2H3,(H,23,24,25). The summed E-state index contributed by atoms with van der Waals surface area (Å²) in [7, 11) is 1.26. The number of nitro benzene ring substituents is 1. The Morgan fingerprint density at radius 3 is 2.72 bits per heavy atom. The molecule has 1 atom stereocenters. The molecule has 0 fully saturated rings. The minimum Gasteiger partial charge on any atom is -0.466 e. The number of nitrogens with zero attached hydrogens (tertiary/aromatic N) is 4. The smallest absolute Gasteiger partial charge is 0.338 e. The number of esters is 1. The fourth-order valence-electron chi connectivity index (χ4n) is 3.50. The molecule has 1 N–H and O–H groups in total. The van der Waals surface area contributed by atoms with E-state index in [-0.39, 0.29) is 11.3 Å². The van der Waals surface area contributed by atoms with Crippen LogP contribution < -0.4 is 5.32 Å². The van der Waals surface area contributed by atoms with Crippen LogP contribution >= 0.6 is 23.4 Å². The van der Waals surface area contributed by atoms with E-state index >= 15 is 0 Å². The number of halogens is 1. The Labute approximate surface area is 192 Å². The van der Waals surface area contributed by atoms with Crippen LogP contribution in [0.4, 0.5) is 11.6 Å². The van der Waals surface area contributed by atoms with Crippen molar-refractivity contribution in [2.75, 3.05) is 12.4 Å². The molecule has 0 radical (unpaired) electrons. The minimum atomic E-state index is -0.873. The van der Waals surface area contributed by atoms with Crippen molar-refractivity contribution in [1.82, 2.24) is 14.8 Å². The Kier molecular flexibility index (Phi) is 6.15. The zero-order chi connectivity index (χ0) is 22.8. The molecule has 0 amide bonds. The van der Waals surface area contributed by atoms with Crippen LogP contribution in [0.1, 0.15) is 24.1 Å². The van der Waals surface area contributed by atoms with Crippen LogP contribution in [-0.2, 0) is 15.3 Å². The predicted octanol–water partition coefficient (Wildman–Crippen LogP) is 4.59. The predicted molar refractivity (Wildman–Crippen MR) is 121 cm³/mol. The lowest BCUT2D eigenvalue weighted by atomic mass is 9.94. The first kappa shape index (κ1) is 21.8. The Balaban J connectivity index is 1.77. The quantitative estimate of drug-likeness (QED) is 0.240. The van der Waals surface area contributed by atoms with Gasteiger partial charge in [0, 0.05) is 22.5 Å². The molecule has 0 saturated heterocycles. The Bertz CT molecular complexity index is 1240. The average Bonchev–Trinajstić information content (AvgIpc) is 3.19. The lowest BCUT2D eigenvalue weighted by molar-refractivity contribution is -0.385. The number of nitrogens with one attached hydrogen (secondary N) is 1. The number of hydrogen-bond donors (Lipinski definition) is 1. The van der Waals surface area contributed by atoms with Gasteiger partial charge in [-0.15, -0.1) is 5.10 Å². The first-order chi connectivity index (χ1) is 15.4. The second-order valence-electron chi connectivity index (χ2n) is 6.92. The molecule has 9 nitrogen and oxygen atoms in total. The number of carbonyl (C=O) groups is 1. The van der Waals surface area contributed by atoms with Gasteiger partial charge in [0.15, 0.2) is 0 Å². The molecule has 164 valence electrons. The van der Waals surface area contributed by atoms with Gasteiger partial charge in [-0.25, -0.2) is 9.48 Å². The summed E-state index contributed by atoms with van der Waals surface area (Å²) in [5, 5.41) is 20.4. The highest BCUT2D eigenvalue weighted by molar-refractivity contribution is 7.98. The van der Waals surface area contributed by atoms with E-state index in [0.29, 0.717) is 33.1 Å². The number of thioether (sulfide) groups is 1. The van der Waals surface area contributed by atoms with Gasteiger partial charge < -0.3 is 10.1 Å². The number of allylic oxidation sites excluding steroid dienone is 1. The number of carbonyl (C=O) groups excluding carboxylic acids is 1. The van der Waals surface area contributed by atoms with Gasteiger partial charge in [-0.1, -0.05) is 53.7 Å². The first-order valence-electron chi connectivity index (χ1n) is 9.53. The Morgan fingerprint density at radius 2 is 2.00 bits per heavy atom. The number of aromatic nitrogens is 3. The van der Waals surface area contributed by atoms with Crippen LogP contribution in [0.25, 0.3) is 0 Å². The minimum absolute atomic E-state index is 0.125. The largest absolute Gasteiger partial charge is 0.466 e. The number of fused-ring (bicyclic) bond motifs is 1. The van der Waals surface area contributed by atoms with Crippen LogP contribution in [0.5, 0.6) is 0 Å². The van der Waals surface area contributed by atoms with E-state index in [1.54, 1.807) is 25.1 Å². The summed E-state index contributed by atoms with van der Waals surface area (Å²) >= 11 is 7.61. The van der Waals surface area contributed by atoms with Gasteiger partial charge in [-0.2, -0.15) is 4.98 Å². The van der Waals surface area contributed by atoms with E-state index < -0.39 is 16.9 Å². The summed E-state index contributed by atoms with van der Waals surface area (Å²) in [6.07, 6.45) is 0. The summed E-state index contributed by atoms with van der Waals surface area (Å²) in [5.41, 5.74) is 1.83. The van der Waals surface area contributed by atoms with Crippen molar-refractivity contribution < 1.29 is 14.5 Å². The van der Waals surface area contributed by atoms with Crippen molar-refractivity contribution in [2.24, 2.45) is 0 Å². The fraction of sp³-hybridized carbons (Fsp3) is 0.190. The third kappa shape index (κ3) is 4.06. The topological polar surface area (TPSA) is 112 Å². The number of ether oxygens (including phenoxy) is 1. The van der Waals surface area contributed by atoms with Crippen molar-refractivity contribution in [2.45, 2.75) is 23.9 Å². The molecule has 2 heterocycles. The van der Waals surface area contributed by atoms with E-state index in [2.05, 4.69) is 15.4 Å². The first-order valence-corrected chi connectivity index (χ1v) is 10.9. The van der Waals surface area contributed by atoms with E-state index in [4.69, 9.17) is 16.3 Å². The summed E-state index contributed by atoms with van der Waals surface area (Å²) < 4.78 is 6.45. The van der Waals surface area contributed by atoms with Crippen LogP contribution in [0, 0.1) is 10.1 Å². The lowest BCUT2D eigenvalue weighted by Crippen LogP contribution is -2.29. The van der Waals surface area contributed by atoms with Crippen molar-refractivity contribution >= 4 is 41.0 Å². The zero-order valence-corrected chi connectivity index (χ0v) is 18.7. The molecule has 0 aliphatic carbocycles. The summed E-state index contributed by atoms with van der Waals surface area (Å²) in [6.45, 7) is 1.70. The molecule has 11 heteroatoms. The number of anilines is 1. The van der Waals surface area contributed by atoms with Crippen molar-refractivity contribution in [3.05, 3.63) is 86.1 Å². The van der Waals surface area contributed by atoms with Gasteiger partial charge in [0.2, 0.25) is 11.1 Å². The zero-order valence-electron chi connectivity index (χ0n) is 17.1. The van der Waals surface area contributed by atoms with Gasteiger partial charge in [-0.05, 0) is 24.6 Å². The third-order valence-electron chi connectivity index (χ3n) is 4.98. The number of benzene rings is 2. The molecule has 0 saturated carbocycles. The molecule has 3 aromatic rings. The van der Waals surface area contributed by atoms with Crippen LogP contribution in [0.15, 0.2) is 65.0 Å². The van der Waals surface area contributed by atoms with Crippen molar-refractivity contribution in [3.8, 4) is 0 Å². The number of para-hydroxylation sites is 1. The number of hydrogen-bond acceptors (Lipinski definition) is 8. The van der Waals surface area contributed by atoms with Gasteiger partial charge in [0.1, 0.15) is 6.04 Å². The summed E-state index contributed by atoms with van der Waals surface area (Å²) in [5.74, 6) is 0.305. The van der Waals surface area contributed by atoms with Gasteiger partial charge in [0.05, 0.1) is 23.2 Å². The van der Waals surface area contributed by atoms with E-state index in [1.807, 2.05) is 24.3 Å². The molecule has 0 spiro atoms. The SMILES string of the molecule is COC(=O)C1=C(C)Nc2nc(SCc3ccccc3Cl)nn2C1c1ccccc1[N+](=O)[O-]. The van der Waals surface area contributed by atoms with Gasteiger partial charge >= 0.3 is 5.97 Å². The molecular weight excluding hydrogens is 454 g/mol. The number of rotatable bonds is 6. The third-order valence-corrected chi connectivity index (χ3v) is 6.24. The normalized spacial score (nSPS) is 15.2. The average molecular weight is 472 g/mol. The maximum atomic E-state index is 12.6. The van der Waals surface area contributed by atoms with E-state index in [1.165, 1.54) is 29.6 Å². The second kappa shape index (κ2) is 9.01. The maximum absolute atomic E-state index is 12.6. The number of nitro groups is 1. The van der Waals surface area contributed by atoms with Crippen LogP contribution in [-0.4, -0.2) is 32.8 Å². The highest BCUT2D eigenvalue weighted by Crippen LogP contribution is 2.40. The maximum Gasteiger partial charge on any atom is 0.338 e. The van der Waals surface area contributed by atoms with Gasteiger partial charge in [-0.3, -0.25) is 10.1 Å². The second-order valence-corrected chi connectivity index (χ2v) is 8.27. The molecule has 1 aromatic heterocycles. The van der Waals surface area contributed by atoms with Crippen molar-refractivity contribution in [1.29, 1.82) is 0 Å². The van der Waals surface area contributed by atoms with Gasteiger partial charge in [0.25, 0.3) is 5.69 Å². The van der Waals surface area contributed by atoms with E-state index in [9.17, 15) is 14.9 Å². The molecule has 32 heavy (non-hydrogen) atoms. The molecular formula is C21H18ClN5O4S.